The van der Waals surface area contributed by atoms with Crippen LogP contribution in [-0.4, -0.2) is 18.2 Å². The highest BCUT2D eigenvalue weighted by Crippen LogP contribution is 2.28. The van der Waals surface area contributed by atoms with Gasteiger partial charge in [-0.3, -0.25) is 0 Å². The molecule has 0 spiro atoms. The van der Waals surface area contributed by atoms with Crippen LogP contribution in [0.5, 0.6) is 5.75 Å². The molecule has 0 aliphatic heterocycles. The largest absolute Gasteiger partial charge is 0.507 e. The first-order valence-electron chi connectivity index (χ1n) is 5.44. The summed E-state index contributed by atoms with van der Waals surface area (Å²) in [6.07, 6.45) is 2.82. The molecule has 0 radical (unpaired) electrons. The summed E-state index contributed by atoms with van der Waals surface area (Å²) in [6.45, 7) is 6.23. The Morgan fingerprint density at radius 3 is 2.47 bits per heavy atom. The first kappa shape index (κ1) is 13.3. The Morgan fingerprint density at radius 2 is 2.00 bits per heavy atom. The first-order chi connectivity index (χ1) is 7.84. The van der Waals surface area contributed by atoms with Gasteiger partial charge in [-0.25, -0.2) is 4.79 Å². The molecule has 0 saturated carbocycles. The van der Waals surface area contributed by atoms with E-state index in [1.165, 1.54) is 19.3 Å². The minimum absolute atomic E-state index is 0.0118. The zero-order valence-corrected chi connectivity index (χ0v) is 10.7. The molecule has 0 unspecified atom stereocenters. The van der Waals surface area contributed by atoms with Crippen molar-refractivity contribution in [1.82, 2.24) is 0 Å². The van der Waals surface area contributed by atoms with Gasteiger partial charge in [0.25, 0.3) is 0 Å². The molecule has 3 heteroatoms. The zero-order valence-electron chi connectivity index (χ0n) is 10.7. The lowest BCUT2D eigenvalue weighted by atomic mass is 9.86. The lowest BCUT2D eigenvalue weighted by Gasteiger charge is -2.19. The van der Waals surface area contributed by atoms with Crippen molar-refractivity contribution in [2.24, 2.45) is 0 Å². The average molecular weight is 234 g/mol. The molecule has 0 amide bonds. The molecule has 0 aliphatic rings. The van der Waals surface area contributed by atoms with Crippen molar-refractivity contribution in [3.63, 3.8) is 0 Å². The van der Waals surface area contributed by atoms with Crippen molar-refractivity contribution in [1.29, 1.82) is 0 Å². The summed E-state index contributed by atoms with van der Waals surface area (Å²) in [5.74, 6) is -0.276. The standard InChI is InChI=1S/C14H18O3/c1-14(2,3)11-7-5-10(12(15)9-11)6-8-13(16)17-4/h5-9,15H,1-4H3. The molecule has 0 atom stereocenters. The number of hydrogen-bond acceptors (Lipinski definition) is 3. The highest BCUT2D eigenvalue weighted by Gasteiger charge is 2.14. The second-order valence-electron chi connectivity index (χ2n) is 4.88. The third-order valence-corrected chi connectivity index (χ3v) is 2.50. The van der Waals surface area contributed by atoms with Crippen LogP contribution >= 0.6 is 0 Å². The first-order valence-corrected chi connectivity index (χ1v) is 5.44. The van der Waals surface area contributed by atoms with Crippen LogP contribution in [0.4, 0.5) is 0 Å². The molecule has 3 nitrogen and oxygen atoms in total. The Balaban J connectivity index is 2.99. The van der Waals surface area contributed by atoms with E-state index in [-0.39, 0.29) is 11.2 Å². The van der Waals surface area contributed by atoms with Gasteiger partial charge < -0.3 is 9.84 Å². The number of esters is 1. The fraction of sp³-hybridized carbons (Fsp3) is 0.357. The molecule has 1 rings (SSSR count). The van der Waals surface area contributed by atoms with Crippen molar-refractivity contribution in [3.05, 3.63) is 35.4 Å². The Bertz CT molecular complexity index is 439. The number of aromatic hydroxyl groups is 1. The second kappa shape index (κ2) is 5.04. The maximum atomic E-state index is 10.9. The van der Waals surface area contributed by atoms with E-state index in [9.17, 15) is 9.90 Å². The van der Waals surface area contributed by atoms with Crippen LogP contribution in [0.3, 0.4) is 0 Å². The van der Waals surface area contributed by atoms with Crippen molar-refractivity contribution < 1.29 is 14.6 Å². The number of methoxy groups -OCH3 is 1. The van der Waals surface area contributed by atoms with Crippen molar-refractivity contribution in [2.75, 3.05) is 7.11 Å². The fourth-order valence-electron chi connectivity index (χ4n) is 1.38. The van der Waals surface area contributed by atoms with Crippen molar-refractivity contribution in [2.45, 2.75) is 26.2 Å². The maximum absolute atomic E-state index is 10.9. The summed E-state index contributed by atoms with van der Waals surface area (Å²) in [7, 11) is 1.31. The van der Waals surface area contributed by atoms with Crippen molar-refractivity contribution in [3.8, 4) is 5.75 Å². The monoisotopic (exact) mass is 234 g/mol. The molecule has 17 heavy (non-hydrogen) atoms. The number of carbonyl (C=O) groups is 1. The third-order valence-electron chi connectivity index (χ3n) is 2.50. The van der Waals surface area contributed by atoms with Gasteiger partial charge in [0.15, 0.2) is 0 Å². The van der Waals surface area contributed by atoms with E-state index in [1.807, 2.05) is 6.07 Å². The zero-order chi connectivity index (χ0) is 13.1. The SMILES string of the molecule is COC(=O)C=Cc1ccc(C(C)(C)C)cc1O. The summed E-state index contributed by atoms with van der Waals surface area (Å²) in [6, 6.07) is 5.45. The van der Waals surface area contributed by atoms with Gasteiger partial charge in [0.05, 0.1) is 7.11 Å². The molecule has 1 aromatic rings. The molecule has 0 aliphatic carbocycles. The summed E-state index contributed by atoms with van der Waals surface area (Å²) in [5, 5.41) is 9.84. The number of hydrogen-bond donors (Lipinski definition) is 1. The molecule has 0 aromatic heterocycles. The second-order valence-corrected chi connectivity index (χ2v) is 4.88. The molecule has 1 aromatic carbocycles. The average Bonchev–Trinajstić information content (AvgIpc) is 2.25. The van der Waals surface area contributed by atoms with Gasteiger partial charge in [0, 0.05) is 11.6 Å². The summed E-state index contributed by atoms with van der Waals surface area (Å²) >= 11 is 0. The van der Waals surface area contributed by atoms with E-state index in [2.05, 4.69) is 25.5 Å². The van der Waals surface area contributed by atoms with Crippen LogP contribution < -0.4 is 0 Å². The van der Waals surface area contributed by atoms with Gasteiger partial charge in [-0.2, -0.15) is 0 Å². The van der Waals surface area contributed by atoms with Crippen LogP contribution in [0.2, 0.25) is 0 Å². The molecular formula is C14H18O3. The minimum atomic E-state index is -0.440. The molecular weight excluding hydrogens is 216 g/mol. The van der Waals surface area contributed by atoms with Crippen LogP contribution in [0.15, 0.2) is 24.3 Å². The Morgan fingerprint density at radius 1 is 1.35 bits per heavy atom. The van der Waals surface area contributed by atoms with E-state index in [0.717, 1.165) is 5.56 Å². The molecule has 92 valence electrons. The summed E-state index contributed by atoms with van der Waals surface area (Å²) in [4.78, 5) is 10.9. The van der Waals surface area contributed by atoms with Gasteiger partial charge >= 0.3 is 5.97 Å². The van der Waals surface area contributed by atoms with E-state index in [1.54, 1.807) is 12.1 Å². The number of carbonyl (C=O) groups excluding carboxylic acids is 1. The molecule has 0 saturated heterocycles. The van der Waals surface area contributed by atoms with Gasteiger partial charge in [-0.05, 0) is 23.1 Å². The quantitative estimate of drug-likeness (QED) is 0.632. The van der Waals surface area contributed by atoms with Crippen LogP contribution in [-0.2, 0) is 14.9 Å². The minimum Gasteiger partial charge on any atom is -0.507 e. The van der Waals surface area contributed by atoms with Crippen molar-refractivity contribution >= 4 is 12.0 Å². The lowest BCUT2D eigenvalue weighted by Crippen LogP contribution is -2.10. The van der Waals surface area contributed by atoms with Crippen LogP contribution in [0.25, 0.3) is 6.08 Å². The molecule has 0 heterocycles. The Labute approximate surface area is 102 Å². The number of phenolic OH excluding ortho intramolecular Hbond substituents is 1. The normalized spacial score (nSPS) is 11.8. The topological polar surface area (TPSA) is 46.5 Å². The van der Waals surface area contributed by atoms with E-state index < -0.39 is 5.97 Å². The van der Waals surface area contributed by atoms with E-state index in [4.69, 9.17) is 0 Å². The van der Waals surface area contributed by atoms with Gasteiger partial charge in [0.1, 0.15) is 5.75 Å². The molecule has 1 N–H and O–H groups in total. The smallest absolute Gasteiger partial charge is 0.330 e. The lowest BCUT2D eigenvalue weighted by molar-refractivity contribution is -0.134. The fourth-order valence-corrected chi connectivity index (χ4v) is 1.38. The predicted octanol–water partition coefficient (Wildman–Crippen LogP) is 2.88. The molecule has 0 fully saturated rings. The molecule has 0 bridgehead atoms. The number of phenols is 1. The van der Waals surface area contributed by atoms with Crippen LogP contribution in [0, 0.1) is 0 Å². The number of rotatable bonds is 2. The summed E-state index contributed by atoms with van der Waals surface area (Å²) in [5.41, 5.74) is 1.64. The van der Waals surface area contributed by atoms with Gasteiger partial charge in [-0.15, -0.1) is 0 Å². The van der Waals surface area contributed by atoms with E-state index >= 15 is 0 Å². The number of benzene rings is 1. The van der Waals surface area contributed by atoms with Crippen LogP contribution in [0.1, 0.15) is 31.9 Å². The maximum Gasteiger partial charge on any atom is 0.330 e. The highest BCUT2D eigenvalue weighted by molar-refractivity contribution is 5.87. The van der Waals surface area contributed by atoms with Gasteiger partial charge in [-0.1, -0.05) is 32.9 Å². The predicted molar refractivity (Wildman–Crippen MR) is 67.9 cm³/mol. The Kier molecular flexibility index (Phi) is 3.94. The summed E-state index contributed by atoms with van der Waals surface area (Å²) < 4.78 is 4.48. The van der Waals surface area contributed by atoms with Gasteiger partial charge in [0.2, 0.25) is 0 Å². The number of ether oxygens (including phenoxy) is 1. The van der Waals surface area contributed by atoms with E-state index in [0.29, 0.717) is 5.56 Å². The highest BCUT2D eigenvalue weighted by atomic mass is 16.5. The third kappa shape index (κ3) is 3.63. The Hall–Kier alpha value is -1.77.